The van der Waals surface area contributed by atoms with Gasteiger partial charge in [0.05, 0.1) is 5.52 Å². The van der Waals surface area contributed by atoms with Crippen LogP contribution >= 0.6 is 11.6 Å². The predicted octanol–water partition coefficient (Wildman–Crippen LogP) is 2.99. The summed E-state index contributed by atoms with van der Waals surface area (Å²) in [6, 6.07) is 7.82. The van der Waals surface area contributed by atoms with Gasteiger partial charge in [0.1, 0.15) is 5.82 Å². The van der Waals surface area contributed by atoms with Gasteiger partial charge in [-0.2, -0.15) is 10.1 Å². The minimum atomic E-state index is 0.264. The number of aromatic amines is 1. The number of fused-ring (bicyclic) bond motifs is 1. The number of aromatic nitrogens is 4. The smallest absolute Gasteiger partial charge is 0.227 e. The Morgan fingerprint density at radius 3 is 2.76 bits per heavy atom. The van der Waals surface area contributed by atoms with E-state index in [1.807, 2.05) is 31.2 Å². The average molecular weight is 358 g/mol. The number of benzene rings is 1. The Kier molecular flexibility index (Phi) is 4.19. The molecule has 130 valence electrons. The summed E-state index contributed by atoms with van der Waals surface area (Å²) in [5, 5.41) is 12.0. The first-order valence-electron chi connectivity index (χ1n) is 8.35. The quantitative estimate of drug-likeness (QED) is 0.667. The third kappa shape index (κ3) is 3.38. The second-order valence-corrected chi connectivity index (χ2v) is 6.86. The van der Waals surface area contributed by atoms with Gasteiger partial charge >= 0.3 is 0 Å². The molecule has 0 saturated carbocycles. The Balaban J connectivity index is 1.76. The third-order valence-electron chi connectivity index (χ3n) is 4.42. The van der Waals surface area contributed by atoms with E-state index in [1.165, 1.54) is 0 Å². The van der Waals surface area contributed by atoms with E-state index >= 15 is 0 Å². The lowest BCUT2D eigenvalue weighted by Gasteiger charge is -2.30. The Bertz CT molecular complexity index is 899. The molecule has 4 rings (SSSR count). The fourth-order valence-corrected chi connectivity index (χ4v) is 3.20. The number of anilines is 3. The number of nitrogens with one attached hydrogen (secondary N) is 2. The van der Waals surface area contributed by atoms with E-state index in [0.29, 0.717) is 22.6 Å². The van der Waals surface area contributed by atoms with Gasteiger partial charge in [-0.1, -0.05) is 11.6 Å². The first kappa shape index (κ1) is 16.1. The molecule has 25 heavy (non-hydrogen) atoms. The van der Waals surface area contributed by atoms with Crippen LogP contribution in [0.3, 0.4) is 0 Å². The zero-order chi connectivity index (χ0) is 17.4. The zero-order valence-corrected chi connectivity index (χ0v) is 14.7. The second kappa shape index (κ2) is 6.50. The van der Waals surface area contributed by atoms with Gasteiger partial charge in [0.25, 0.3) is 0 Å². The lowest BCUT2D eigenvalue weighted by Crippen LogP contribution is -2.40. The van der Waals surface area contributed by atoms with Crippen LogP contribution in [0.4, 0.5) is 17.6 Å². The van der Waals surface area contributed by atoms with Crippen LogP contribution in [0, 0.1) is 6.92 Å². The number of H-pyrrole nitrogens is 1. The fourth-order valence-electron chi connectivity index (χ4n) is 3.03. The van der Waals surface area contributed by atoms with Crippen LogP contribution in [0.25, 0.3) is 10.9 Å². The van der Waals surface area contributed by atoms with Crippen LogP contribution in [0.2, 0.25) is 5.02 Å². The highest BCUT2D eigenvalue weighted by Gasteiger charge is 2.20. The van der Waals surface area contributed by atoms with Gasteiger partial charge < -0.3 is 16.0 Å². The Morgan fingerprint density at radius 1 is 1.24 bits per heavy atom. The Morgan fingerprint density at radius 2 is 2.04 bits per heavy atom. The van der Waals surface area contributed by atoms with Crippen molar-refractivity contribution in [3.63, 3.8) is 0 Å². The monoisotopic (exact) mass is 357 g/mol. The molecule has 1 aliphatic rings. The topological polar surface area (TPSA) is 95.8 Å². The van der Waals surface area contributed by atoms with E-state index in [1.54, 1.807) is 0 Å². The summed E-state index contributed by atoms with van der Waals surface area (Å²) in [4.78, 5) is 11.6. The molecular weight excluding hydrogens is 338 g/mol. The van der Waals surface area contributed by atoms with Crippen molar-refractivity contribution in [2.45, 2.75) is 25.8 Å². The summed E-state index contributed by atoms with van der Waals surface area (Å²) >= 11 is 6.17. The van der Waals surface area contributed by atoms with Gasteiger partial charge in [-0.25, -0.2) is 4.98 Å². The maximum Gasteiger partial charge on any atom is 0.227 e. The molecule has 3 heterocycles. The molecule has 1 aliphatic heterocycles. The summed E-state index contributed by atoms with van der Waals surface area (Å²) < 4.78 is 0. The number of hydrogen-bond acceptors (Lipinski definition) is 6. The molecule has 1 fully saturated rings. The maximum atomic E-state index is 6.17. The highest BCUT2D eigenvalue weighted by molar-refractivity contribution is 6.31. The third-order valence-corrected chi connectivity index (χ3v) is 4.66. The summed E-state index contributed by atoms with van der Waals surface area (Å²) in [5.41, 5.74) is 7.83. The van der Waals surface area contributed by atoms with Crippen LogP contribution in [-0.2, 0) is 0 Å². The van der Waals surface area contributed by atoms with Crippen molar-refractivity contribution in [1.82, 2.24) is 20.2 Å². The van der Waals surface area contributed by atoms with Gasteiger partial charge in [0.15, 0.2) is 5.82 Å². The number of halogens is 1. The molecule has 8 heteroatoms. The average Bonchev–Trinajstić information content (AvgIpc) is 3.01. The van der Waals surface area contributed by atoms with Crippen molar-refractivity contribution in [2.24, 2.45) is 5.73 Å². The number of aryl methyl sites for hydroxylation is 1. The van der Waals surface area contributed by atoms with Crippen molar-refractivity contribution in [1.29, 1.82) is 0 Å². The summed E-state index contributed by atoms with van der Waals surface area (Å²) in [5.74, 6) is 2.12. The standard InChI is InChI=1S/C17H20ClN7/c1-10-8-15(24-23-10)21-16-13-9-11(18)2-3-14(13)20-17(22-16)25-6-4-12(19)5-7-25/h2-3,8-9,12H,4-7,19H2,1H3,(H2,20,21,22,23,24). The normalized spacial score (nSPS) is 15.7. The summed E-state index contributed by atoms with van der Waals surface area (Å²) in [7, 11) is 0. The molecule has 1 aromatic carbocycles. The number of nitrogens with two attached hydrogens (primary N) is 1. The Hall–Kier alpha value is -2.38. The molecule has 0 aliphatic carbocycles. The van der Waals surface area contributed by atoms with E-state index in [9.17, 15) is 0 Å². The predicted molar refractivity (Wildman–Crippen MR) is 101 cm³/mol. The highest BCUT2D eigenvalue weighted by Crippen LogP contribution is 2.29. The van der Waals surface area contributed by atoms with Gasteiger partial charge in [0.2, 0.25) is 5.95 Å². The van der Waals surface area contributed by atoms with Crippen LogP contribution < -0.4 is 16.0 Å². The van der Waals surface area contributed by atoms with E-state index < -0.39 is 0 Å². The van der Waals surface area contributed by atoms with Crippen LogP contribution in [0.5, 0.6) is 0 Å². The van der Waals surface area contributed by atoms with Gasteiger partial charge in [0, 0.05) is 41.3 Å². The number of piperidine rings is 1. The van der Waals surface area contributed by atoms with E-state index in [0.717, 1.165) is 42.5 Å². The van der Waals surface area contributed by atoms with Crippen LogP contribution in [0.1, 0.15) is 18.5 Å². The maximum absolute atomic E-state index is 6.17. The lowest BCUT2D eigenvalue weighted by molar-refractivity contribution is 0.496. The molecule has 3 aromatic rings. The first-order chi connectivity index (χ1) is 12.1. The molecule has 4 N–H and O–H groups in total. The molecule has 0 unspecified atom stereocenters. The molecule has 0 atom stereocenters. The zero-order valence-electron chi connectivity index (χ0n) is 14.0. The molecule has 1 saturated heterocycles. The minimum Gasteiger partial charge on any atom is -0.341 e. The largest absolute Gasteiger partial charge is 0.341 e. The molecule has 0 radical (unpaired) electrons. The van der Waals surface area contributed by atoms with Crippen LogP contribution in [0.15, 0.2) is 24.3 Å². The molecule has 0 bridgehead atoms. The van der Waals surface area contributed by atoms with Crippen molar-refractivity contribution in [3.05, 3.63) is 35.0 Å². The van der Waals surface area contributed by atoms with Crippen molar-refractivity contribution in [2.75, 3.05) is 23.3 Å². The number of hydrogen-bond donors (Lipinski definition) is 3. The Labute approximate surface area is 150 Å². The van der Waals surface area contributed by atoms with E-state index in [-0.39, 0.29) is 6.04 Å². The molecule has 0 spiro atoms. The van der Waals surface area contributed by atoms with E-state index in [2.05, 4.69) is 20.4 Å². The second-order valence-electron chi connectivity index (χ2n) is 6.42. The van der Waals surface area contributed by atoms with Crippen LogP contribution in [-0.4, -0.2) is 39.3 Å². The SMILES string of the molecule is Cc1cc(Nc2nc(N3CCC(N)CC3)nc3ccc(Cl)cc23)n[nH]1. The van der Waals surface area contributed by atoms with Gasteiger partial charge in [-0.15, -0.1) is 0 Å². The molecule has 7 nitrogen and oxygen atoms in total. The van der Waals surface area contributed by atoms with Crippen molar-refractivity contribution >= 4 is 40.1 Å². The molecule has 2 aromatic heterocycles. The molecular formula is C17H20ClN7. The molecule has 0 amide bonds. The first-order valence-corrected chi connectivity index (χ1v) is 8.73. The van der Waals surface area contributed by atoms with Crippen molar-refractivity contribution in [3.8, 4) is 0 Å². The minimum absolute atomic E-state index is 0.264. The van der Waals surface area contributed by atoms with Gasteiger partial charge in [-0.05, 0) is 38.0 Å². The number of nitrogens with zero attached hydrogens (tertiary/aromatic N) is 4. The van der Waals surface area contributed by atoms with Crippen molar-refractivity contribution < 1.29 is 0 Å². The number of rotatable bonds is 3. The fraction of sp³-hybridized carbons (Fsp3) is 0.353. The van der Waals surface area contributed by atoms with Gasteiger partial charge in [-0.3, -0.25) is 5.10 Å². The highest BCUT2D eigenvalue weighted by atomic mass is 35.5. The van der Waals surface area contributed by atoms with E-state index in [4.69, 9.17) is 27.3 Å². The summed E-state index contributed by atoms with van der Waals surface area (Å²) in [6.07, 6.45) is 1.90. The summed E-state index contributed by atoms with van der Waals surface area (Å²) in [6.45, 7) is 3.68. The lowest BCUT2D eigenvalue weighted by atomic mass is 10.1.